The van der Waals surface area contributed by atoms with E-state index in [-0.39, 0.29) is 18.2 Å². The van der Waals surface area contributed by atoms with Gasteiger partial charge in [0, 0.05) is 24.0 Å². The second-order valence-electron chi connectivity index (χ2n) is 7.72. The van der Waals surface area contributed by atoms with Gasteiger partial charge in [0.15, 0.2) is 0 Å². The largest absolute Gasteiger partial charge is 0.384 e. The lowest BCUT2D eigenvalue weighted by Gasteiger charge is -2.29. The molecular weight excluding hydrogens is 336 g/mol. The number of amides is 1. The molecule has 2 aromatic carbocycles. The summed E-state index contributed by atoms with van der Waals surface area (Å²) in [5.74, 6) is 0.00869. The minimum absolute atomic E-state index is 0.0799. The minimum Gasteiger partial charge on any atom is -0.384 e. The van der Waals surface area contributed by atoms with Crippen LogP contribution in [0.1, 0.15) is 45.6 Å². The summed E-state index contributed by atoms with van der Waals surface area (Å²) in [6.45, 7) is 7.41. The quantitative estimate of drug-likeness (QED) is 0.721. The molecule has 0 aromatic heterocycles. The summed E-state index contributed by atoms with van der Waals surface area (Å²) in [4.78, 5) is 14.9. The Bertz CT molecular complexity index is 754. The summed E-state index contributed by atoms with van der Waals surface area (Å²) in [7, 11) is 0. The maximum atomic E-state index is 12.6. The first-order valence-electron chi connectivity index (χ1n) is 9.88. The molecule has 0 bridgehead atoms. The summed E-state index contributed by atoms with van der Waals surface area (Å²) < 4.78 is 0. The van der Waals surface area contributed by atoms with Crippen molar-refractivity contribution in [2.45, 2.75) is 51.7 Å². The predicted octanol–water partition coefficient (Wildman–Crippen LogP) is 4.55. The molecule has 3 rings (SSSR count). The molecule has 0 heterocycles. The van der Waals surface area contributed by atoms with Gasteiger partial charge in [0.25, 0.3) is 0 Å². The third-order valence-corrected chi connectivity index (χ3v) is 5.40. The first-order valence-corrected chi connectivity index (χ1v) is 9.88. The number of rotatable bonds is 8. The monoisotopic (exact) mass is 366 g/mol. The van der Waals surface area contributed by atoms with E-state index in [1.165, 1.54) is 0 Å². The van der Waals surface area contributed by atoms with Gasteiger partial charge < -0.3 is 15.3 Å². The first kappa shape index (κ1) is 19.4. The summed E-state index contributed by atoms with van der Waals surface area (Å²) in [5, 5.41) is 14.2. The van der Waals surface area contributed by atoms with Crippen LogP contribution in [0.2, 0.25) is 0 Å². The van der Waals surface area contributed by atoms with Gasteiger partial charge in [0.1, 0.15) is 5.60 Å². The lowest BCUT2D eigenvalue weighted by Crippen LogP contribution is -2.33. The van der Waals surface area contributed by atoms with Gasteiger partial charge in [0.05, 0.1) is 6.42 Å². The zero-order valence-electron chi connectivity index (χ0n) is 16.5. The number of carbonyl (C=O) groups is 1. The van der Waals surface area contributed by atoms with Crippen LogP contribution in [0.5, 0.6) is 0 Å². The van der Waals surface area contributed by atoms with Crippen LogP contribution in [-0.2, 0) is 10.4 Å². The Morgan fingerprint density at radius 3 is 2.30 bits per heavy atom. The Kier molecular flexibility index (Phi) is 5.85. The highest BCUT2D eigenvalue weighted by atomic mass is 16.3. The predicted molar refractivity (Wildman–Crippen MR) is 111 cm³/mol. The number of benzene rings is 2. The normalized spacial score (nSPS) is 16.0. The van der Waals surface area contributed by atoms with E-state index in [0.29, 0.717) is 6.04 Å². The van der Waals surface area contributed by atoms with Gasteiger partial charge in [-0.3, -0.25) is 4.79 Å². The molecule has 1 saturated carbocycles. The number of carbonyl (C=O) groups excluding carboxylic acids is 1. The van der Waals surface area contributed by atoms with Crippen molar-refractivity contribution in [3.8, 4) is 0 Å². The lowest BCUT2D eigenvalue weighted by atomic mass is 9.85. The fourth-order valence-corrected chi connectivity index (χ4v) is 3.80. The number of aliphatic hydroxyl groups is 1. The van der Waals surface area contributed by atoms with E-state index >= 15 is 0 Å². The van der Waals surface area contributed by atoms with Gasteiger partial charge in [-0.15, -0.1) is 0 Å². The van der Waals surface area contributed by atoms with E-state index in [4.69, 9.17) is 0 Å². The van der Waals surface area contributed by atoms with Crippen molar-refractivity contribution in [1.29, 1.82) is 0 Å². The molecule has 0 aliphatic heterocycles. The maximum absolute atomic E-state index is 12.6. The molecule has 4 nitrogen and oxygen atoms in total. The molecular formula is C23H30N2O2. The summed E-state index contributed by atoms with van der Waals surface area (Å²) in [6.07, 6.45) is 2.02. The molecule has 27 heavy (non-hydrogen) atoms. The molecule has 1 atom stereocenters. The molecule has 0 radical (unpaired) electrons. The zero-order valence-corrected chi connectivity index (χ0v) is 16.5. The Labute approximate surface area is 162 Å². The van der Waals surface area contributed by atoms with Gasteiger partial charge in [-0.25, -0.2) is 0 Å². The van der Waals surface area contributed by atoms with E-state index in [2.05, 4.69) is 31.0 Å². The molecule has 0 saturated heterocycles. The molecule has 1 aliphatic rings. The van der Waals surface area contributed by atoms with Crippen LogP contribution >= 0.6 is 0 Å². The van der Waals surface area contributed by atoms with Crippen molar-refractivity contribution in [1.82, 2.24) is 0 Å². The van der Waals surface area contributed by atoms with Crippen molar-refractivity contribution in [3.63, 3.8) is 0 Å². The fraction of sp³-hybridized carbons (Fsp3) is 0.435. The Balaban J connectivity index is 1.68. The van der Waals surface area contributed by atoms with Crippen LogP contribution in [0.25, 0.3) is 0 Å². The lowest BCUT2D eigenvalue weighted by molar-refractivity contribution is -0.122. The molecule has 1 fully saturated rings. The van der Waals surface area contributed by atoms with Gasteiger partial charge in [-0.2, -0.15) is 0 Å². The van der Waals surface area contributed by atoms with E-state index in [0.717, 1.165) is 36.3 Å². The second kappa shape index (κ2) is 8.13. The highest BCUT2D eigenvalue weighted by Gasteiger charge is 2.46. The zero-order chi connectivity index (χ0) is 19.4. The third kappa shape index (κ3) is 4.51. The van der Waals surface area contributed by atoms with Crippen molar-refractivity contribution in [2.24, 2.45) is 5.92 Å². The van der Waals surface area contributed by atoms with Crippen molar-refractivity contribution >= 4 is 17.3 Å². The van der Waals surface area contributed by atoms with Crippen molar-refractivity contribution in [2.75, 3.05) is 16.8 Å². The first-order chi connectivity index (χ1) is 12.9. The molecule has 1 amide bonds. The maximum Gasteiger partial charge on any atom is 0.227 e. The average molecular weight is 367 g/mol. The van der Waals surface area contributed by atoms with Crippen LogP contribution in [0.3, 0.4) is 0 Å². The highest BCUT2D eigenvalue weighted by Crippen LogP contribution is 2.47. The Hall–Kier alpha value is -2.33. The number of nitrogens with one attached hydrogen (secondary N) is 1. The van der Waals surface area contributed by atoms with E-state index in [1.807, 2.05) is 54.6 Å². The molecule has 2 aromatic rings. The van der Waals surface area contributed by atoms with Gasteiger partial charge in [-0.1, -0.05) is 30.3 Å². The number of hydrogen-bond donors (Lipinski definition) is 2. The molecule has 1 aliphatic carbocycles. The SMILES string of the molecule is CCN(c1ccc(NC(=O)C[C@](O)(c2ccccc2)C2CC2)cc1)C(C)C. The van der Waals surface area contributed by atoms with E-state index < -0.39 is 5.60 Å². The van der Waals surface area contributed by atoms with Crippen LogP contribution in [0.15, 0.2) is 54.6 Å². The Morgan fingerprint density at radius 1 is 1.15 bits per heavy atom. The summed E-state index contributed by atoms with van der Waals surface area (Å²) in [5.41, 5.74) is 1.65. The number of nitrogens with zero attached hydrogens (tertiary/aromatic N) is 1. The van der Waals surface area contributed by atoms with Crippen LogP contribution in [-0.4, -0.2) is 23.6 Å². The molecule has 0 unspecified atom stereocenters. The highest BCUT2D eigenvalue weighted by molar-refractivity contribution is 5.91. The van der Waals surface area contributed by atoms with Gasteiger partial charge in [-0.05, 0) is 69.4 Å². The van der Waals surface area contributed by atoms with Crippen molar-refractivity contribution in [3.05, 3.63) is 60.2 Å². The van der Waals surface area contributed by atoms with Crippen LogP contribution in [0.4, 0.5) is 11.4 Å². The molecule has 4 heteroatoms. The number of hydrogen-bond acceptors (Lipinski definition) is 3. The van der Waals surface area contributed by atoms with E-state index in [1.54, 1.807) is 0 Å². The van der Waals surface area contributed by atoms with E-state index in [9.17, 15) is 9.90 Å². The molecule has 0 spiro atoms. The Morgan fingerprint density at radius 2 is 1.78 bits per heavy atom. The smallest absolute Gasteiger partial charge is 0.227 e. The van der Waals surface area contributed by atoms with Crippen molar-refractivity contribution < 1.29 is 9.90 Å². The molecule has 2 N–H and O–H groups in total. The van der Waals surface area contributed by atoms with Gasteiger partial charge >= 0.3 is 0 Å². The van der Waals surface area contributed by atoms with Gasteiger partial charge in [0.2, 0.25) is 5.91 Å². The summed E-state index contributed by atoms with van der Waals surface area (Å²) >= 11 is 0. The fourth-order valence-electron chi connectivity index (χ4n) is 3.80. The molecule has 144 valence electrons. The van der Waals surface area contributed by atoms with Crippen LogP contribution < -0.4 is 10.2 Å². The standard InChI is InChI=1S/C23H30N2O2/c1-4-25(17(2)3)21-14-12-20(13-15-21)24-22(26)16-23(27,19-10-11-19)18-8-6-5-7-9-18/h5-9,12-15,17,19,27H,4,10-11,16H2,1-3H3,(H,24,26)/t23-/m0/s1. The minimum atomic E-state index is -1.08. The average Bonchev–Trinajstić information content (AvgIpc) is 3.50. The summed E-state index contributed by atoms with van der Waals surface area (Å²) in [6, 6.07) is 17.9. The second-order valence-corrected chi connectivity index (χ2v) is 7.72. The third-order valence-electron chi connectivity index (χ3n) is 5.40. The topological polar surface area (TPSA) is 52.6 Å². The van der Waals surface area contributed by atoms with Crippen LogP contribution in [0, 0.1) is 5.92 Å². The number of anilines is 2.